The van der Waals surface area contributed by atoms with Crippen LogP contribution in [-0.4, -0.2) is 0 Å². The van der Waals surface area contributed by atoms with Gasteiger partial charge in [-0.3, -0.25) is 0 Å². The van der Waals surface area contributed by atoms with Crippen LogP contribution in [0.2, 0.25) is 0 Å². The predicted octanol–water partition coefficient (Wildman–Crippen LogP) is 3.48. The van der Waals surface area contributed by atoms with Crippen LogP contribution in [0.1, 0.15) is 0 Å². The number of hydrogen-bond acceptors (Lipinski definition) is 1. The van der Waals surface area contributed by atoms with Crippen LogP contribution in [0.4, 0.5) is 4.39 Å². The number of thiol groups is 1. The van der Waals surface area contributed by atoms with Crippen molar-refractivity contribution in [3.63, 3.8) is 0 Å². The minimum absolute atomic E-state index is 0.242. The summed E-state index contributed by atoms with van der Waals surface area (Å²) in [7, 11) is 0. The van der Waals surface area contributed by atoms with E-state index in [0.717, 1.165) is 0 Å². The molecule has 54 valence electrons. The van der Waals surface area contributed by atoms with Crippen LogP contribution >= 0.6 is 51.1 Å². The highest BCUT2D eigenvalue weighted by Gasteiger charge is 2.05. The molecule has 0 aliphatic rings. The molecule has 1 aromatic rings. The maximum atomic E-state index is 12.9. The van der Waals surface area contributed by atoms with E-state index in [1.54, 1.807) is 12.1 Å². The Morgan fingerprint density at radius 3 is 2.60 bits per heavy atom. The van der Waals surface area contributed by atoms with E-state index in [1.165, 1.54) is 0 Å². The molecule has 0 atom stereocenters. The third-order valence-electron chi connectivity index (χ3n) is 1.01. The molecule has 0 nitrogen and oxygen atoms in total. The largest absolute Gasteiger partial charge is 0.205 e. The summed E-state index contributed by atoms with van der Waals surface area (Å²) in [6, 6.07) is 3.39. The highest BCUT2D eigenvalue weighted by atomic mass is 127. The summed E-state index contributed by atoms with van der Waals surface area (Å²) in [6.07, 6.45) is 0. The molecule has 0 saturated heterocycles. The molecule has 4 heteroatoms. The molecule has 0 bridgehead atoms. The van der Waals surface area contributed by atoms with E-state index < -0.39 is 0 Å². The van der Waals surface area contributed by atoms with E-state index in [9.17, 15) is 4.39 Å². The van der Waals surface area contributed by atoms with Crippen LogP contribution in [0.15, 0.2) is 21.5 Å². The van der Waals surface area contributed by atoms with Gasteiger partial charge in [-0.25, -0.2) is 4.39 Å². The van der Waals surface area contributed by atoms with Crippen LogP contribution in [0.5, 0.6) is 0 Å². The molecule has 0 fully saturated rings. The smallest absolute Gasteiger partial charge is 0.151 e. The first-order chi connectivity index (χ1) is 4.63. The molecule has 0 spiro atoms. The van der Waals surface area contributed by atoms with Crippen molar-refractivity contribution in [2.45, 2.75) is 4.90 Å². The first kappa shape index (κ1) is 8.80. The Morgan fingerprint density at radius 1 is 1.50 bits per heavy atom. The lowest BCUT2D eigenvalue weighted by Crippen LogP contribution is -1.84. The van der Waals surface area contributed by atoms with Gasteiger partial charge in [0.25, 0.3) is 0 Å². The summed E-state index contributed by atoms with van der Waals surface area (Å²) in [5.41, 5.74) is 0. The molecule has 0 N–H and O–H groups in total. The van der Waals surface area contributed by atoms with Crippen LogP contribution in [0, 0.1) is 9.39 Å². The van der Waals surface area contributed by atoms with Gasteiger partial charge in [-0.2, -0.15) is 0 Å². The molecule has 0 unspecified atom stereocenters. The molecule has 0 aliphatic carbocycles. The second-order valence-corrected chi connectivity index (χ2v) is 4.11. The fraction of sp³-hybridized carbons (Fsp3) is 0. The summed E-state index contributed by atoms with van der Waals surface area (Å²) < 4.78 is 13.9. The Bertz CT molecular complexity index is 237. The number of halogens is 3. The molecule has 0 radical (unpaired) electrons. The van der Waals surface area contributed by atoms with E-state index in [2.05, 4.69) is 28.6 Å². The van der Waals surface area contributed by atoms with Crippen LogP contribution < -0.4 is 0 Å². The van der Waals surface area contributed by atoms with E-state index in [0.29, 0.717) is 12.9 Å². The highest BCUT2D eigenvalue weighted by molar-refractivity contribution is 14.1. The second-order valence-electron chi connectivity index (χ2n) is 1.69. The Morgan fingerprint density at radius 2 is 2.10 bits per heavy atom. The Hall–Kier alpha value is 0.710. The molecule has 0 aromatic heterocycles. The highest BCUT2D eigenvalue weighted by Crippen LogP contribution is 2.25. The van der Waals surface area contributed by atoms with Crippen LogP contribution in [0.25, 0.3) is 0 Å². The summed E-state index contributed by atoms with van der Waals surface area (Å²) in [5, 5.41) is 0. The lowest BCUT2D eigenvalue weighted by molar-refractivity contribution is 0.609. The molecule has 1 rings (SSSR count). The summed E-state index contributed by atoms with van der Waals surface area (Å²) in [5.74, 6) is -0.242. The molecule has 10 heavy (non-hydrogen) atoms. The normalized spacial score (nSPS) is 10.0. The lowest BCUT2D eigenvalue weighted by Gasteiger charge is -1.99. The molecule has 1 aromatic carbocycles. The zero-order valence-corrected chi connectivity index (χ0v) is 9.37. The zero-order valence-electron chi connectivity index (χ0n) is 4.74. The van der Waals surface area contributed by atoms with E-state index in [4.69, 9.17) is 0 Å². The minimum Gasteiger partial charge on any atom is -0.205 e. The summed E-state index contributed by atoms with van der Waals surface area (Å²) >= 11 is 9.03. The van der Waals surface area contributed by atoms with Gasteiger partial charge in [-0.05, 0) is 50.7 Å². The molecular weight excluding hydrogens is 330 g/mol. The van der Waals surface area contributed by atoms with Gasteiger partial charge in [-0.15, -0.1) is 12.6 Å². The van der Waals surface area contributed by atoms with Crippen molar-refractivity contribution in [3.8, 4) is 0 Å². The number of hydrogen-bond donors (Lipinski definition) is 1. The van der Waals surface area contributed by atoms with Gasteiger partial charge in [0.1, 0.15) is 0 Å². The maximum absolute atomic E-state index is 12.9. The number of rotatable bonds is 0. The summed E-state index contributed by atoms with van der Waals surface area (Å²) in [6.45, 7) is 0. The SMILES string of the molecule is Fc1c(Br)ccc(S)c1I. The van der Waals surface area contributed by atoms with Crippen molar-refractivity contribution in [3.05, 3.63) is 26.0 Å². The molecular formula is C6H3BrFIS. The fourth-order valence-electron chi connectivity index (χ4n) is 0.516. The quantitative estimate of drug-likeness (QED) is 0.420. The van der Waals surface area contributed by atoms with Gasteiger partial charge in [-0.1, -0.05) is 0 Å². The molecule has 0 aliphatic heterocycles. The predicted molar refractivity (Wildman–Crippen MR) is 54.1 cm³/mol. The maximum Gasteiger partial charge on any atom is 0.151 e. The van der Waals surface area contributed by atoms with E-state index in [1.807, 2.05) is 22.6 Å². The average molecular weight is 333 g/mol. The van der Waals surface area contributed by atoms with Crippen molar-refractivity contribution in [2.24, 2.45) is 0 Å². The third kappa shape index (κ3) is 1.65. The fourth-order valence-corrected chi connectivity index (χ4v) is 1.86. The van der Waals surface area contributed by atoms with Crippen molar-refractivity contribution in [2.75, 3.05) is 0 Å². The lowest BCUT2D eigenvalue weighted by atomic mass is 10.3. The summed E-state index contributed by atoms with van der Waals surface area (Å²) in [4.78, 5) is 0.668. The monoisotopic (exact) mass is 332 g/mol. The minimum atomic E-state index is -0.242. The Balaban J connectivity index is 3.34. The molecule has 0 amide bonds. The zero-order chi connectivity index (χ0) is 7.72. The van der Waals surface area contributed by atoms with Gasteiger partial charge >= 0.3 is 0 Å². The third-order valence-corrected chi connectivity index (χ3v) is 3.48. The number of benzene rings is 1. The van der Waals surface area contributed by atoms with Crippen molar-refractivity contribution < 1.29 is 4.39 Å². The average Bonchev–Trinajstić information content (AvgIpc) is 1.93. The topological polar surface area (TPSA) is 0 Å². The van der Waals surface area contributed by atoms with Crippen molar-refractivity contribution >= 4 is 51.1 Å². The standard InChI is InChI=1S/C6H3BrFIS/c7-3-1-2-4(10)6(9)5(3)8/h1-2,10H. The van der Waals surface area contributed by atoms with Gasteiger partial charge in [0, 0.05) is 4.90 Å². The van der Waals surface area contributed by atoms with Crippen LogP contribution in [0.3, 0.4) is 0 Å². The molecule has 0 heterocycles. The first-order valence-electron chi connectivity index (χ1n) is 2.45. The molecule has 0 saturated carbocycles. The van der Waals surface area contributed by atoms with Gasteiger partial charge in [0.2, 0.25) is 0 Å². The second kappa shape index (κ2) is 3.40. The first-order valence-corrected chi connectivity index (χ1v) is 4.77. The van der Waals surface area contributed by atoms with E-state index >= 15 is 0 Å². The van der Waals surface area contributed by atoms with E-state index in [-0.39, 0.29) is 5.82 Å². The van der Waals surface area contributed by atoms with Crippen LogP contribution in [-0.2, 0) is 0 Å². The van der Waals surface area contributed by atoms with Gasteiger partial charge < -0.3 is 0 Å². The van der Waals surface area contributed by atoms with Crippen molar-refractivity contribution in [1.82, 2.24) is 0 Å². The van der Waals surface area contributed by atoms with Gasteiger partial charge in [0.15, 0.2) is 5.82 Å². The van der Waals surface area contributed by atoms with Crippen molar-refractivity contribution in [1.29, 1.82) is 0 Å². The Kier molecular flexibility index (Phi) is 3.00. The van der Waals surface area contributed by atoms with Gasteiger partial charge in [0.05, 0.1) is 8.04 Å². The Labute approximate surface area is 85.9 Å².